The van der Waals surface area contributed by atoms with E-state index < -0.39 is 16.8 Å². The van der Waals surface area contributed by atoms with Crippen LogP contribution in [0.1, 0.15) is 26.5 Å². The minimum absolute atomic E-state index is 0.290. The van der Waals surface area contributed by atoms with Crippen molar-refractivity contribution in [1.82, 2.24) is 15.3 Å². The van der Waals surface area contributed by atoms with E-state index >= 15 is 0 Å². The van der Waals surface area contributed by atoms with Crippen molar-refractivity contribution in [3.63, 3.8) is 0 Å². The van der Waals surface area contributed by atoms with Crippen molar-refractivity contribution in [3.05, 3.63) is 18.2 Å². The molecular weight excluding hydrogens is 254 g/mol. The number of carboxylic acids is 1. The van der Waals surface area contributed by atoms with Gasteiger partial charge in [-0.2, -0.15) is 0 Å². The van der Waals surface area contributed by atoms with Gasteiger partial charge in [-0.05, 0) is 20.8 Å². The zero-order chi connectivity index (χ0) is 13.8. The molecule has 0 saturated carbocycles. The summed E-state index contributed by atoms with van der Waals surface area (Å²) in [5.74, 6) is -0.721. The zero-order valence-corrected chi connectivity index (χ0v) is 11.4. The van der Waals surface area contributed by atoms with Crippen LogP contribution < -0.4 is 5.32 Å². The molecule has 6 nitrogen and oxygen atoms in total. The van der Waals surface area contributed by atoms with E-state index in [-0.39, 0.29) is 5.91 Å². The van der Waals surface area contributed by atoms with Crippen LogP contribution in [0.15, 0.2) is 12.5 Å². The topological polar surface area (TPSA) is 95.1 Å². The van der Waals surface area contributed by atoms with E-state index in [0.29, 0.717) is 5.75 Å². The van der Waals surface area contributed by atoms with Gasteiger partial charge in [-0.15, -0.1) is 11.8 Å². The summed E-state index contributed by atoms with van der Waals surface area (Å²) in [6.07, 6.45) is 3.27. The molecule has 1 amide bonds. The Morgan fingerprint density at radius 2 is 2.28 bits per heavy atom. The van der Waals surface area contributed by atoms with Gasteiger partial charge in [0.15, 0.2) is 0 Å². The molecule has 0 bridgehead atoms. The van der Waals surface area contributed by atoms with Crippen molar-refractivity contribution in [2.45, 2.75) is 37.3 Å². The number of aromatic amines is 1. The van der Waals surface area contributed by atoms with Crippen LogP contribution in [0.3, 0.4) is 0 Å². The number of carbonyl (C=O) groups is 2. The summed E-state index contributed by atoms with van der Waals surface area (Å²) in [6, 6.07) is -0.885. The summed E-state index contributed by atoms with van der Waals surface area (Å²) in [7, 11) is 0. The first-order chi connectivity index (χ1) is 8.33. The third kappa shape index (κ3) is 4.06. The summed E-state index contributed by atoms with van der Waals surface area (Å²) >= 11 is 1.42. The summed E-state index contributed by atoms with van der Waals surface area (Å²) in [6.45, 7) is 4.96. The highest BCUT2D eigenvalue weighted by atomic mass is 32.2. The number of thioether (sulfide) groups is 1. The molecule has 0 aliphatic carbocycles. The third-order valence-corrected chi connectivity index (χ3v) is 3.77. The summed E-state index contributed by atoms with van der Waals surface area (Å²) in [5.41, 5.74) is 0.923. The fourth-order valence-electron chi connectivity index (χ4n) is 1.12. The lowest BCUT2D eigenvalue weighted by Crippen LogP contribution is -2.46. The lowest BCUT2D eigenvalue weighted by atomic mass is 10.2. The molecule has 7 heteroatoms. The monoisotopic (exact) mass is 271 g/mol. The molecule has 0 unspecified atom stereocenters. The van der Waals surface area contributed by atoms with Crippen molar-refractivity contribution in [2.75, 3.05) is 0 Å². The number of nitrogens with one attached hydrogen (secondary N) is 2. The van der Waals surface area contributed by atoms with Gasteiger partial charge in [0.2, 0.25) is 5.91 Å². The van der Waals surface area contributed by atoms with Gasteiger partial charge >= 0.3 is 5.97 Å². The molecule has 0 spiro atoms. The molecule has 1 heterocycles. The number of imidazole rings is 1. The zero-order valence-electron chi connectivity index (χ0n) is 10.6. The average molecular weight is 271 g/mol. The number of H-pyrrole nitrogens is 1. The van der Waals surface area contributed by atoms with E-state index in [2.05, 4.69) is 15.3 Å². The second-order valence-corrected chi connectivity index (χ2v) is 6.01. The van der Waals surface area contributed by atoms with Crippen molar-refractivity contribution in [2.24, 2.45) is 0 Å². The fraction of sp³-hybridized carbons (Fsp3) is 0.545. The second-order valence-electron chi connectivity index (χ2n) is 4.41. The lowest BCUT2D eigenvalue weighted by Gasteiger charge is -2.24. The number of aliphatic carboxylic acids is 1. The highest BCUT2D eigenvalue weighted by molar-refractivity contribution is 8.00. The number of carboxylic acid groups (broad SMARTS) is 1. The van der Waals surface area contributed by atoms with Crippen molar-refractivity contribution in [1.29, 1.82) is 0 Å². The predicted octanol–water partition coefficient (Wildman–Crippen LogP) is 1.01. The van der Waals surface area contributed by atoms with Crippen LogP contribution in [0.2, 0.25) is 0 Å². The molecule has 0 fully saturated rings. The van der Waals surface area contributed by atoms with Crippen molar-refractivity contribution in [3.8, 4) is 0 Å². The number of carbonyl (C=O) groups excluding carboxylic acids is 1. The fourth-order valence-corrected chi connectivity index (χ4v) is 1.98. The van der Waals surface area contributed by atoms with Gasteiger partial charge in [0.1, 0.15) is 6.04 Å². The maximum Gasteiger partial charge on any atom is 0.325 e. The number of amides is 1. The van der Waals surface area contributed by atoms with Crippen molar-refractivity contribution >= 4 is 23.6 Å². The van der Waals surface area contributed by atoms with Gasteiger partial charge in [-0.25, -0.2) is 4.98 Å². The van der Waals surface area contributed by atoms with E-state index in [1.165, 1.54) is 18.7 Å². The second kappa shape index (κ2) is 5.90. The molecule has 18 heavy (non-hydrogen) atoms. The molecule has 1 rings (SSSR count). The smallest absolute Gasteiger partial charge is 0.325 e. The number of aromatic nitrogens is 2. The number of rotatable bonds is 6. The quantitative estimate of drug-likeness (QED) is 0.717. The lowest BCUT2D eigenvalue weighted by molar-refractivity contribution is -0.141. The van der Waals surface area contributed by atoms with Crippen LogP contribution in [0.4, 0.5) is 0 Å². The average Bonchev–Trinajstić information content (AvgIpc) is 2.79. The van der Waals surface area contributed by atoms with Crippen LogP contribution in [-0.2, 0) is 15.3 Å². The molecule has 1 atom stereocenters. The van der Waals surface area contributed by atoms with E-state index in [9.17, 15) is 9.59 Å². The first kappa shape index (κ1) is 14.6. The molecule has 100 valence electrons. The summed E-state index contributed by atoms with van der Waals surface area (Å²) in [5, 5.41) is 11.2. The highest BCUT2D eigenvalue weighted by Gasteiger charge is 2.30. The number of hydrogen-bond acceptors (Lipinski definition) is 4. The van der Waals surface area contributed by atoms with Gasteiger partial charge in [-0.1, -0.05) is 0 Å². The van der Waals surface area contributed by atoms with Crippen LogP contribution in [0, 0.1) is 0 Å². The number of hydrogen-bond donors (Lipinski definition) is 3. The third-order valence-electron chi connectivity index (χ3n) is 2.41. The van der Waals surface area contributed by atoms with Crippen LogP contribution >= 0.6 is 11.8 Å². The Morgan fingerprint density at radius 3 is 2.78 bits per heavy atom. The van der Waals surface area contributed by atoms with E-state index in [1.54, 1.807) is 26.4 Å². The maximum absolute atomic E-state index is 11.9. The van der Waals surface area contributed by atoms with Gasteiger partial charge < -0.3 is 15.4 Å². The molecular formula is C11H17N3O3S. The Balaban J connectivity index is 2.51. The first-order valence-corrected chi connectivity index (χ1v) is 6.46. The molecule has 0 aliphatic heterocycles. The molecule has 0 aromatic carbocycles. The van der Waals surface area contributed by atoms with Gasteiger partial charge in [0.25, 0.3) is 0 Å². The molecule has 1 aromatic rings. The minimum atomic E-state index is -1.04. The van der Waals surface area contributed by atoms with E-state index in [4.69, 9.17) is 5.11 Å². The Labute approximate surface area is 110 Å². The van der Waals surface area contributed by atoms with E-state index in [0.717, 1.165) is 5.69 Å². The number of nitrogens with zero attached hydrogens (tertiary/aromatic N) is 1. The molecule has 3 N–H and O–H groups in total. The largest absolute Gasteiger partial charge is 0.480 e. The van der Waals surface area contributed by atoms with Crippen LogP contribution in [0.25, 0.3) is 0 Å². The highest BCUT2D eigenvalue weighted by Crippen LogP contribution is 2.27. The predicted molar refractivity (Wildman–Crippen MR) is 69.2 cm³/mol. The van der Waals surface area contributed by atoms with Gasteiger partial charge in [0, 0.05) is 17.6 Å². The molecule has 0 radical (unpaired) electrons. The Bertz CT molecular complexity index is 417. The Kier molecular flexibility index (Phi) is 4.77. The van der Waals surface area contributed by atoms with Crippen LogP contribution in [-0.4, -0.2) is 37.7 Å². The molecule has 1 aromatic heterocycles. The van der Waals surface area contributed by atoms with Gasteiger partial charge in [0.05, 0.1) is 11.1 Å². The summed E-state index contributed by atoms with van der Waals surface area (Å²) < 4.78 is -0.700. The standard InChI is InChI=1S/C11H17N3O3S/c1-7(9(15)16)14-10(17)11(2,3)18-5-8-4-12-6-13-8/h4,6-7H,5H2,1-3H3,(H,12,13)(H,14,17)(H,15,16)/t7-/m0/s1. The first-order valence-electron chi connectivity index (χ1n) is 5.48. The maximum atomic E-state index is 11.9. The van der Waals surface area contributed by atoms with Crippen molar-refractivity contribution < 1.29 is 14.7 Å². The SMILES string of the molecule is C[C@H](NC(=O)C(C)(C)SCc1cnc[nH]1)C(=O)O. The van der Waals surface area contributed by atoms with E-state index in [1.807, 2.05) is 0 Å². The molecule has 0 saturated heterocycles. The molecule has 0 aliphatic rings. The van der Waals surface area contributed by atoms with Crippen LogP contribution in [0.5, 0.6) is 0 Å². The van der Waals surface area contributed by atoms with Gasteiger partial charge in [-0.3, -0.25) is 9.59 Å². The Morgan fingerprint density at radius 1 is 1.61 bits per heavy atom. The summed E-state index contributed by atoms with van der Waals surface area (Å²) in [4.78, 5) is 29.4. The Hall–Kier alpha value is -1.50. The normalized spacial score (nSPS) is 13.1. The minimum Gasteiger partial charge on any atom is -0.480 e.